The largest absolute Gasteiger partial charge is 0.456 e. The Morgan fingerprint density at radius 1 is 1.16 bits per heavy atom. The number of H-pyrrole nitrogens is 1. The van der Waals surface area contributed by atoms with Crippen molar-refractivity contribution in [3.8, 4) is 11.5 Å². The van der Waals surface area contributed by atoms with Gasteiger partial charge in [-0.2, -0.15) is 5.21 Å². The normalized spacial score (nSPS) is 11.5. The standard InChI is InChI=1S/C15H12Cl2N4O3S/c1-25(22,23)12-2-3-14(13(17)8-12)24-11-5-9(4-10(16)7-11)6-15-18-20-21-19-15/h2-5,7-8H,6H2,1H3,(H,18,19,20,21). The lowest BCUT2D eigenvalue weighted by Crippen LogP contribution is -1.97. The summed E-state index contributed by atoms with van der Waals surface area (Å²) in [7, 11) is -3.34. The fraction of sp³-hybridized carbons (Fsp3) is 0.133. The van der Waals surface area contributed by atoms with Gasteiger partial charge < -0.3 is 4.74 Å². The highest BCUT2D eigenvalue weighted by molar-refractivity contribution is 7.90. The van der Waals surface area contributed by atoms with Gasteiger partial charge in [-0.05, 0) is 42.0 Å². The molecule has 0 fully saturated rings. The van der Waals surface area contributed by atoms with Crippen molar-refractivity contribution in [3.05, 3.63) is 57.8 Å². The number of ether oxygens (including phenoxy) is 1. The van der Waals surface area contributed by atoms with E-state index in [0.717, 1.165) is 11.8 Å². The average molecular weight is 399 g/mol. The smallest absolute Gasteiger partial charge is 0.178 e. The van der Waals surface area contributed by atoms with Gasteiger partial charge in [0.15, 0.2) is 15.7 Å². The maximum absolute atomic E-state index is 11.6. The summed E-state index contributed by atoms with van der Waals surface area (Å²) in [5, 5.41) is 14.3. The van der Waals surface area contributed by atoms with Crippen LogP contribution in [-0.2, 0) is 16.3 Å². The highest BCUT2D eigenvalue weighted by Crippen LogP contribution is 2.33. The van der Waals surface area contributed by atoms with Crippen LogP contribution in [0.25, 0.3) is 0 Å². The molecule has 1 heterocycles. The molecular formula is C15H12Cl2N4O3S. The topological polar surface area (TPSA) is 97.8 Å². The van der Waals surface area contributed by atoms with Crippen LogP contribution in [0.4, 0.5) is 0 Å². The number of hydrogen-bond acceptors (Lipinski definition) is 6. The Labute approximate surface area is 153 Å². The average Bonchev–Trinajstić information content (AvgIpc) is 3.00. The van der Waals surface area contributed by atoms with Crippen molar-refractivity contribution in [2.75, 3.05) is 6.26 Å². The minimum Gasteiger partial charge on any atom is -0.456 e. The van der Waals surface area contributed by atoms with E-state index in [-0.39, 0.29) is 9.92 Å². The summed E-state index contributed by atoms with van der Waals surface area (Å²) in [6.07, 6.45) is 1.54. The van der Waals surface area contributed by atoms with Gasteiger partial charge in [0.1, 0.15) is 11.5 Å². The summed E-state index contributed by atoms with van der Waals surface area (Å²) in [6, 6.07) is 9.43. The number of sulfone groups is 1. The second-order valence-electron chi connectivity index (χ2n) is 5.27. The van der Waals surface area contributed by atoms with Gasteiger partial charge in [-0.25, -0.2) is 8.42 Å². The molecule has 3 rings (SSSR count). The number of hydrogen-bond donors (Lipinski definition) is 1. The van der Waals surface area contributed by atoms with Crippen molar-refractivity contribution >= 4 is 33.0 Å². The van der Waals surface area contributed by atoms with Crippen LogP contribution in [0, 0.1) is 0 Å². The molecule has 0 unspecified atom stereocenters. The molecular weight excluding hydrogens is 387 g/mol. The SMILES string of the molecule is CS(=O)(=O)c1ccc(Oc2cc(Cl)cc(Cc3nn[nH]n3)c2)c(Cl)c1. The van der Waals surface area contributed by atoms with Gasteiger partial charge in [-0.15, -0.1) is 10.2 Å². The van der Waals surface area contributed by atoms with Crippen LogP contribution in [0.2, 0.25) is 10.0 Å². The molecule has 0 spiro atoms. The molecule has 0 amide bonds. The van der Waals surface area contributed by atoms with E-state index in [1.807, 2.05) is 0 Å². The second kappa shape index (κ2) is 6.99. The summed E-state index contributed by atoms with van der Waals surface area (Å²) in [5.41, 5.74) is 0.827. The molecule has 3 aromatic rings. The molecule has 0 saturated heterocycles. The quantitative estimate of drug-likeness (QED) is 0.707. The predicted molar refractivity (Wildman–Crippen MR) is 93.1 cm³/mol. The number of nitrogens with one attached hydrogen (secondary N) is 1. The fourth-order valence-corrected chi connectivity index (χ4v) is 3.32. The Kier molecular flexibility index (Phi) is 4.94. The fourth-order valence-electron chi connectivity index (χ4n) is 2.14. The van der Waals surface area contributed by atoms with Gasteiger partial charge in [0, 0.05) is 17.7 Å². The zero-order chi connectivity index (χ0) is 18.0. The molecule has 7 nitrogen and oxygen atoms in total. The predicted octanol–water partition coefficient (Wildman–Crippen LogP) is 3.29. The summed E-state index contributed by atoms with van der Waals surface area (Å²) in [4.78, 5) is 0.119. The van der Waals surface area contributed by atoms with Crippen LogP contribution >= 0.6 is 23.2 Å². The molecule has 0 aliphatic rings. The number of halogens is 2. The van der Waals surface area contributed by atoms with Crippen LogP contribution in [-0.4, -0.2) is 35.3 Å². The van der Waals surface area contributed by atoms with Gasteiger partial charge in [0.05, 0.1) is 9.92 Å². The first-order valence-corrected chi connectivity index (χ1v) is 9.65. The first-order valence-electron chi connectivity index (χ1n) is 7.00. The van der Waals surface area contributed by atoms with Crippen molar-refractivity contribution in [1.29, 1.82) is 0 Å². The first kappa shape index (κ1) is 17.7. The minimum atomic E-state index is -3.34. The van der Waals surface area contributed by atoms with Crippen LogP contribution in [0.5, 0.6) is 11.5 Å². The number of aromatic nitrogens is 4. The van der Waals surface area contributed by atoms with E-state index in [0.29, 0.717) is 28.8 Å². The van der Waals surface area contributed by atoms with Crippen molar-refractivity contribution in [2.45, 2.75) is 11.3 Å². The third-order valence-corrected chi connectivity index (χ3v) is 4.87. The maximum Gasteiger partial charge on any atom is 0.178 e. The van der Waals surface area contributed by atoms with Crippen molar-refractivity contribution < 1.29 is 13.2 Å². The molecule has 0 aliphatic carbocycles. The highest BCUT2D eigenvalue weighted by atomic mass is 35.5. The summed E-state index contributed by atoms with van der Waals surface area (Å²) >= 11 is 12.2. The summed E-state index contributed by atoms with van der Waals surface area (Å²) in [6.45, 7) is 0. The van der Waals surface area contributed by atoms with Crippen molar-refractivity contribution in [2.24, 2.45) is 0 Å². The highest BCUT2D eigenvalue weighted by Gasteiger charge is 2.12. The molecule has 130 valence electrons. The summed E-state index contributed by atoms with van der Waals surface area (Å²) < 4.78 is 28.9. The number of benzene rings is 2. The van der Waals surface area contributed by atoms with Gasteiger partial charge in [-0.1, -0.05) is 28.4 Å². The molecule has 0 atom stereocenters. The van der Waals surface area contributed by atoms with Gasteiger partial charge in [-0.3, -0.25) is 0 Å². The van der Waals surface area contributed by atoms with Crippen molar-refractivity contribution in [3.63, 3.8) is 0 Å². The van der Waals surface area contributed by atoms with Gasteiger partial charge >= 0.3 is 0 Å². The number of aromatic amines is 1. The van der Waals surface area contributed by atoms with Gasteiger partial charge in [0.2, 0.25) is 0 Å². The van der Waals surface area contributed by atoms with E-state index >= 15 is 0 Å². The molecule has 0 aliphatic heterocycles. The lowest BCUT2D eigenvalue weighted by Gasteiger charge is -2.10. The molecule has 10 heteroatoms. The Morgan fingerprint density at radius 2 is 1.96 bits per heavy atom. The second-order valence-corrected chi connectivity index (χ2v) is 8.13. The molecule has 0 bridgehead atoms. The van der Waals surface area contributed by atoms with Crippen molar-refractivity contribution in [1.82, 2.24) is 20.6 Å². The Bertz CT molecular complexity index is 1010. The summed E-state index contributed by atoms with van der Waals surface area (Å²) in [5.74, 6) is 1.30. The molecule has 2 aromatic carbocycles. The zero-order valence-corrected chi connectivity index (χ0v) is 15.2. The Morgan fingerprint density at radius 3 is 2.60 bits per heavy atom. The maximum atomic E-state index is 11.6. The molecule has 1 N–H and O–H groups in total. The monoisotopic (exact) mass is 398 g/mol. The Hall–Kier alpha value is -2.16. The van der Waals surface area contributed by atoms with E-state index in [2.05, 4.69) is 20.6 Å². The molecule has 25 heavy (non-hydrogen) atoms. The van der Waals surface area contributed by atoms with Crippen LogP contribution < -0.4 is 4.74 Å². The van der Waals surface area contributed by atoms with Crippen LogP contribution in [0.1, 0.15) is 11.4 Å². The van der Waals surface area contributed by atoms with E-state index in [4.69, 9.17) is 27.9 Å². The number of tetrazole rings is 1. The van der Waals surface area contributed by atoms with Crippen LogP contribution in [0.3, 0.4) is 0 Å². The van der Waals surface area contributed by atoms with E-state index < -0.39 is 9.84 Å². The molecule has 0 radical (unpaired) electrons. The van der Waals surface area contributed by atoms with Crippen LogP contribution in [0.15, 0.2) is 41.3 Å². The lowest BCUT2D eigenvalue weighted by atomic mass is 10.1. The number of nitrogens with zero attached hydrogens (tertiary/aromatic N) is 3. The molecule has 0 saturated carbocycles. The lowest BCUT2D eigenvalue weighted by molar-refractivity contribution is 0.482. The minimum absolute atomic E-state index is 0.119. The van der Waals surface area contributed by atoms with E-state index in [1.165, 1.54) is 18.2 Å². The first-order chi connectivity index (χ1) is 11.8. The van der Waals surface area contributed by atoms with E-state index in [9.17, 15) is 8.42 Å². The number of rotatable bonds is 5. The third-order valence-electron chi connectivity index (χ3n) is 3.24. The van der Waals surface area contributed by atoms with E-state index in [1.54, 1.807) is 18.2 Å². The third kappa shape index (κ3) is 4.47. The van der Waals surface area contributed by atoms with Gasteiger partial charge in [0.25, 0.3) is 0 Å². The molecule has 1 aromatic heterocycles. The zero-order valence-electron chi connectivity index (χ0n) is 12.9. The Balaban J connectivity index is 1.86.